The summed E-state index contributed by atoms with van der Waals surface area (Å²) in [5.74, 6) is 0. The number of nitrogens with zero attached hydrogens (tertiary/aromatic N) is 1. The Hall–Kier alpha value is -1.06. The molecule has 0 aliphatic carbocycles. The molecule has 18 heavy (non-hydrogen) atoms. The molecule has 102 valence electrons. The first-order valence-electron chi connectivity index (χ1n) is 6.77. The summed E-state index contributed by atoms with van der Waals surface area (Å²) >= 11 is 0. The molecule has 0 heterocycles. The van der Waals surface area contributed by atoms with Crippen LogP contribution in [-0.4, -0.2) is 30.1 Å². The Kier molecular flexibility index (Phi) is 6.16. The lowest BCUT2D eigenvalue weighted by atomic mass is 10.0. The van der Waals surface area contributed by atoms with Crippen LogP contribution in [0.5, 0.6) is 0 Å². The molecule has 0 amide bonds. The number of aliphatic hydroxyl groups is 1. The molecule has 0 spiro atoms. The normalized spacial score (nSPS) is 12.9. The highest BCUT2D eigenvalue weighted by molar-refractivity contribution is 5.48. The first kappa shape index (κ1) is 15.0. The number of rotatable bonds is 7. The molecule has 0 aliphatic heterocycles. The van der Waals surface area contributed by atoms with Crippen molar-refractivity contribution in [2.75, 3.05) is 25.9 Å². The van der Waals surface area contributed by atoms with Crippen molar-refractivity contribution in [3.63, 3.8) is 0 Å². The lowest BCUT2D eigenvalue weighted by molar-refractivity contribution is 0.149. The van der Waals surface area contributed by atoms with Gasteiger partial charge in [0.05, 0.1) is 6.10 Å². The highest BCUT2D eigenvalue weighted by Gasteiger charge is 2.09. The minimum absolute atomic E-state index is 0.419. The predicted molar refractivity (Wildman–Crippen MR) is 77.6 cm³/mol. The summed E-state index contributed by atoms with van der Waals surface area (Å²) in [6.07, 6.45) is 2.76. The van der Waals surface area contributed by atoms with Gasteiger partial charge in [0.2, 0.25) is 0 Å². The minimum Gasteiger partial charge on any atom is -0.399 e. The summed E-state index contributed by atoms with van der Waals surface area (Å²) in [7, 11) is 2.10. The zero-order valence-electron chi connectivity index (χ0n) is 11.8. The second-order valence-corrected chi connectivity index (χ2v) is 5.08. The fraction of sp³-hybridized carbons (Fsp3) is 0.600. The first-order valence-corrected chi connectivity index (χ1v) is 6.77. The van der Waals surface area contributed by atoms with Gasteiger partial charge in [0.15, 0.2) is 0 Å². The van der Waals surface area contributed by atoms with Gasteiger partial charge in [-0.3, -0.25) is 0 Å². The summed E-state index contributed by atoms with van der Waals surface area (Å²) in [4.78, 5) is 2.27. The quantitative estimate of drug-likeness (QED) is 0.732. The molecular formula is C15H26N2O. The monoisotopic (exact) mass is 250 g/mol. The highest BCUT2D eigenvalue weighted by Crippen LogP contribution is 2.21. The summed E-state index contributed by atoms with van der Waals surface area (Å²) < 4.78 is 0. The van der Waals surface area contributed by atoms with Gasteiger partial charge in [-0.05, 0) is 50.6 Å². The molecule has 0 bridgehead atoms. The lowest BCUT2D eigenvalue weighted by Crippen LogP contribution is -2.22. The van der Waals surface area contributed by atoms with Gasteiger partial charge in [-0.1, -0.05) is 25.5 Å². The van der Waals surface area contributed by atoms with Gasteiger partial charge in [-0.2, -0.15) is 0 Å². The fourth-order valence-electron chi connectivity index (χ4n) is 1.92. The minimum atomic E-state index is -0.419. The molecule has 0 fully saturated rings. The highest BCUT2D eigenvalue weighted by atomic mass is 16.3. The van der Waals surface area contributed by atoms with Gasteiger partial charge in [0, 0.05) is 12.2 Å². The molecule has 0 saturated heterocycles. The largest absolute Gasteiger partial charge is 0.399 e. The van der Waals surface area contributed by atoms with Gasteiger partial charge in [-0.15, -0.1) is 0 Å². The standard InChI is InChI=1S/C15H26N2O/c1-4-5-9-17(3)10-8-15(18)13-7-6-12(2)14(16)11-13/h6-7,11,15,18H,4-5,8-10,16H2,1-3H3. The third kappa shape index (κ3) is 4.67. The van der Waals surface area contributed by atoms with Crippen LogP contribution < -0.4 is 5.73 Å². The summed E-state index contributed by atoms with van der Waals surface area (Å²) in [5.41, 5.74) is 8.59. The molecule has 3 N–H and O–H groups in total. The van der Waals surface area contributed by atoms with E-state index >= 15 is 0 Å². The van der Waals surface area contributed by atoms with E-state index in [2.05, 4.69) is 18.9 Å². The zero-order valence-corrected chi connectivity index (χ0v) is 11.8. The first-order chi connectivity index (χ1) is 8.54. The van der Waals surface area contributed by atoms with Crippen LogP contribution in [0.2, 0.25) is 0 Å². The maximum absolute atomic E-state index is 10.1. The van der Waals surface area contributed by atoms with Crippen molar-refractivity contribution in [1.29, 1.82) is 0 Å². The molecule has 0 radical (unpaired) electrons. The number of nitrogen functional groups attached to an aromatic ring is 1. The average molecular weight is 250 g/mol. The maximum Gasteiger partial charge on any atom is 0.0803 e. The third-order valence-electron chi connectivity index (χ3n) is 3.37. The Morgan fingerprint density at radius 3 is 2.67 bits per heavy atom. The van der Waals surface area contributed by atoms with Gasteiger partial charge >= 0.3 is 0 Å². The van der Waals surface area contributed by atoms with E-state index in [1.54, 1.807) is 0 Å². The van der Waals surface area contributed by atoms with Crippen LogP contribution in [0.1, 0.15) is 43.4 Å². The Labute approximate surface area is 111 Å². The molecule has 1 atom stereocenters. The zero-order chi connectivity index (χ0) is 13.5. The van der Waals surface area contributed by atoms with Crippen LogP contribution in [0.3, 0.4) is 0 Å². The number of aryl methyl sites for hydroxylation is 1. The molecule has 0 saturated carbocycles. The number of benzene rings is 1. The van der Waals surface area contributed by atoms with E-state index in [1.165, 1.54) is 12.8 Å². The van der Waals surface area contributed by atoms with E-state index in [0.717, 1.165) is 36.3 Å². The number of hydrogen-bond acceptors (Lipinski definition) is 3. The summed E-state index contributed by atoms with van der Waals surface area (Å²) in [6, 6.07) is 5.81. The number of hydrogen-bond donors (Lipinski definition) is 2. The molecule has 0 aliphatic rings. The average Bonchev–Trinajstić information content (AvgIpc) is 2.36. The molecule has 1 aromatic carbocycles. The Balaban J connectivity index is 2.44. The second kappa shape index (κ2) is 7.39. The van der Waals surface area contributed by atoms with Crippen LogP contribution in [0.25, 0.3) is 0 Å². The molecular weight excluding hydrogens is 224 g/mol. The fourth-order valence-corrected chi connectivity index (χ4v) is 1.92. The SMILES string of the molecule is CCCCN(C)CCC(O)c1ccc(C)c(N)c1. The van der Waals surface area contributed by atoms with E-state index in [0.29, 0.717) is 0 Å². The van der Waals surface area contributed by atoms with Crippen molar-refractivity contribution in [3.8, 4) is 0 Å². The summed E-state index contributed by atoms with van der Waals surface area (Å²) in [5, 5.41) is 10.1. The van der Waals surface area contributed by atoms with E-state index in [9.17, 15) is 5.11 Å². The number of unbranched alkanes of at least 4 members (excludes halogenated alkanes) is 1. The topological polar surface area (TPSA) is 49.5 Å². The predicted octanol–water partition coefficient (Wildman–Crippen LogP) is 2.73. The Morgan fingerprint density at radius 1 is 1.33 bits per heavy atom. The van der Waals surface area contributed by atoms with Crippen LogP contribution >= 0.6 is 0 Å². The second-order valence-electron chi connectivity index (χ2n) is 5.08. The van der Waals surface area contributed by atoms with Crippen LogP contribution in [-0.2, 0) is 0 Å². The Morgan fingerprint density at radius 2 is 2.06 bits per heavy atom. The van der Waals surface area contributed by atoms with E-state index in [-0.39, 0.29) is 0 Å². The molecule has 1 unspecified atom stereocenters. The number of nitrogens with two attached hydrogens (primary N) is 1. The van der Waals surface area contributed by atoms with E-state index in [4.69, 9.17) is 5.73 Å². The van der Waals surface area contributed by atoms with Crippen molar-refractivity contribution in [2.24, 2.45) is 0 Å². The molecule has 0 aromatic heterocycles. The smallest absolute Gasteiger partial charge is 0.0803 e. The molecule has 3 heteroatoms. The van der Waals surface area contributed by atoms with Crippen molar-refractivity contribution in [2.45, 2.75) is 39.2 Å². The molecule has 1 aromatic rings. The van der Waals surface area contributed by atoms with Crippen LogP contribution in [0.4, 0.5) is 5.69 Å². The van der Waals surface area contributed by atoms with Gasteiger partial charge in [0.25, 0.3) is 0 Å². The van der Waals surface area contributed by atoms with Crippen molar-refractivity contribution < 1.29 is 5.11 Å². The Bertz CT molecular complexity index is 366. The lowest BCUT2D eigenvalue weighted by Gasteiger charge is -2.19. The van der Waals surface area contributed by atoms with Crippen molar-refractivity contribution >= 4 is 5.69 Å². The number of anilines is 1. The van der Waals surface area contributed by atoms with Gasteiger partial charge in [-0.25, -0.2) is 0 Å². The van der Waals surface area contributed by atoms with Crippen LogP contribution in [0.15, 0.2) is 18.2 Å². The van der Waals surface area contributed by atoms with Gasteiger partial charge in [0.1, 0.15) is 0 Å². The summed E-state index contributed by atoms with van der Waals surface area (Å²) in [6.45, 7) is 6.18. The molecule has 1 rings (SSSR count). The van der Waals surface area contributed by atoms with E-state index < -0.39 is 6.10 Å². The third-order valence-corrected chi connectivity index (χ3v) is 3.37. The van der Waals surface area contributed by atoms with Gasteiger partial charge < -0.3 is 15.7 Å². The van der Waals surface area contributed by atoms with Crippen molar-refractivity contribution in [1.82, 2.24) is 4.90 Å². The van der Waals surface area contributed by atoms with Crippen molar-refractivity contribution in [3.05, 3.63) is 29.3 Å². The number of aliphatic hydroxyl groups excluding tert-OH is 1. The van der Waals surface area contributed by atoms with Crippen LogP contribution in [0, 0.1) is 6.92 Å². The molecule has 3 nitrogen and oxygen atoms in total. The maximum atomic E-state index is 10.1. The van der Waals surface area contributed by atoms with E-state index in [1.807, 2.05) is 25.1 Å².